The van der Waals surface area contributed by atoms with Crippen LogP contribution in [0.5, 0.6) is 0 Å². The summed E-state index contributed by atoms with van der Waals surface area (Å²) in [5.74, 6) is 0. The fourth-order valence-electron chi connectivity index (χ4n) is 1.77. The summed E-state index contributed by atoms with van der Waals surface area (Å²) in [5, 5.41) is 14.1. The van der Waals surface area contributed by atoms with Crippen molar-refractivity contribution in [2.45, 2.75) is 13.0 Å². The zero-order chi connectivity index (χ0) is 14.5. The number of thiophene rings is 1. The molecule has 1 N–H and O–H groups in total. The Labute approximate surface area is 137 Å². The third-order valence-electron chi connectivity index (χ3n) is 2.66. The van der Waals surface area contributed by atoms with Gasteiger partial charge in [-0.2, -0.15) is 0 Å². The fraction of sp³-hybridized carbons (Fsp3) is 0.231. The number of rotatable bonds is 6. The molecule has 1 aromatic heterocycles. The van der Waals surface area contributed by atoms with Crippen molar-refractivity contribution >= 4 is 48.9 Å². The topological polar surface area (TPSA) is 55.2 Å². The van der Waals surface area contributed by atoms with Crippen molar-refractivity contribution in [3.05, 3.63) is 59.1 Å². The second-order valence-electron chi connectivity index (χ2n) is 4.21. The normalized spacial score (nSPS) is 10.7. The number of nitro groups is 1. The molecule has 20 heavy (non-hydrogen) atoms. The summed E-state index contributed by atoms with van der Waals surface area (Å²) < 4.78 is 1.86. The molecule has 0 fully saturated rings. The molecule has 0 saturated heterocycles. The highest BCUT2D eigenvalue weighted by Gasteiger charge is 2.08. The molecular formula is C13H12Br2N2O2S. The van der Waals surface area contributed by atoms with Crippen LogP contribution in [0.1, 0.15) is 10.4 Å². The van der Waals surface area contributed by atoms with Gasteiger partial charge in [-0.3, -0.25) is 10.1 Å². The van der Waals surface area contributed by atoms with E-state index in [-0.39, 0.29) is 10.6 Å². The van der Waals surface area contributed by atoms with E-state index in [9.17, 15) is 10.1 Å². The Morgan fingerprint density at radius 1 is 1.25 bits per heavy atom. The Morgan fingerprint density at radius 2 is 2.05 bits per heavy atom. The van der Waals surface area contributed by atoms with E-state index in [1.54, 1.807) is 17.4 Å². The Morgan fingerprint density at radius 3 is 2.70 bits per heavy atom. The van der Waals surface area contributed by atoms with Crippen LogP contribution in [0.25, 0.3) is 0 Å². The van der Waals surface area contributed by atoms with Crippen LogP contribution in [0.3, 0.4) is 0 Å². The van der Waals surface area contributed by atoms with Gasteiger partial charge in [0.25, 0.3) is 5.69 Å². The van der Waals surface area contributed by atoms with E-state index in [1.807, 2.05) is 12.1 Å². The second kappa shape index (κ2) is 7.31. The first-order valence-electron chi connectivity index (χ1n) is 5.93. The summed E-state index contributed by atoms with van der Waals surface area (Å²) in [6.07, 6.45) is 0.951. The van der Waals surface area contributed by atoms with Crippen LogP contribution in [0.4, 0.5) is 5.69 Å². The van der Waals surface area contributed by atoms with Crippen molar-refractivity contribution in [1.29, 1.82) is 0 Å². The molecule has 106 valence electrons. The molecule has 1 aromatic carbocycles. The maximum atomic E-state index is 10.8. The zero-order valence-electron chi connectivity index (χ0n) is 10.4. The molecule has 0 unspecified atom stereocenters. The van der Waals surface area contributed by atoms with Crippen LogP contribution in [0.15, 0.2) is 38.6 Å². The third kappa shape index (κ3) is 4.66. The van der Waals surface area contributed by atoms with Crippen molar-refractivity contribution in [3.8, 4) is 0 Å². The average molecular weight is 420 g/mol. The number of benzene rings is 1. The highest BCUT2D eigenvalue weighted by molar-refractivity contribution is 9.11. The Bertz CT molecular complexity index is 616. The van der Waals surface area contributed by atoms with Crippen molar-refractivity contribution in [1.82, 2.24) is 5.32 Å². The molecule has 0 aliphatic heterocycles. The lowest BCUT2D eigenvalue weighted by molar-refractivity contribution is -0.385. The van der Waals surface area contributed by atoms with E-state index >= 15 is 0 Å². The smallest absolute Gasteiger partial charge is 0.270 e. The highest BCUT2D eigenvalue weighted by atomic mass is 79.9. The quantitative estimate of drug-likeness (QED) is 0.425. The van der Waals surface area contributed by atoms with Gasteiger partial charge in [0, 0.05) is 34.6 Å². The fourth-order valence-corrected chi connectivity index (χ4v) is 3.78. The molecule has 0 atom stereocenters. The number of nitrogens with zero attached hydrogens (tertiary/aromatic N) is 1. The largest absolute Gasteiger partial charge is 0.312 e. The maximum Gasteiger partial charge on any atom is 0.270 e. The number of non-ortho nitro benzene ring substituents is 1. The van der Waals surface area contributed by atoms with Crippen LogP contribution in [0, 0.1) is 10.1 Å². The highest BCUT2D eigenvalue weighted by Crippen LogP contribution is 2.23. The van der Waals surface area contributed by atoms with E-state index in [2.05, 4.69) is 43.2 Å². The van der Waals surface area contributed by atoms with Gasteiger partial charge in [0.2, 0.25) is 0 Å². The molecule has 4 nitrogen and oxygen atoms in total. The molecule has 0 aliphatic carbocycles. The van der Waals surface area contributed by atoms with Gasteiger partial charge in [-0.25, -0.2) is 0 Å². The van der Waals surface area contributed by atoms with Crippen LogP contribution >= 0.6 is 43.2 Å². The summed E-state index contributed by atoms with van der Waals surface area (Å²) in [6, 6.07) is 9.13. The summed E-state index contributed by atoms with van der Waals surface area (Å²) in [7, 11) is 0. The minimum atomic E-state index is -0.378. The maximum absolute atomic E-state index is 10.8. The number of halogens is 2. The van der Waals surface area contributed by atoms with Crippen molar-refractivity contribution < 1.29 is 4.92 Å². The van der Waals surface area contributed by atoms with Crippen molar-refractivity contribution in [2.24, 2.45) is 0 Å². The predicted molar refractivity (Wildman–Crippen MR) is 88.2 cm³/mol. The molecule has 0 saturated carbocycles. The molecule has 0 radical (unpaired) electrons. The number of nitro benzene ring substituents is 1. The summed E-state index contributed by atoms with van der Waals surface area (Å²) >= 11 is 8.45. The van der Waals surface area contributed by atoms with E-state index in [4.69, 9.17) is 0 Å². The Kier molecular flexibility index (Phi) is 5.71. The predicted octanol–water partition coefficient (Wildman–Crippen LogP) is 4.51. The SMILES string of the molecule is O=[N+]([O-])c1cc(Br)cc(CNCCc2ccc(Br)s2)c1. The van der Waals surface area contributed by atoms with Crippen LogP contribution in [-0.2, 0) is 13.0 Å². The molecular weight excluding hydrogens is 408 g/mol. The third-order valence-corrected chi connectivity index (χ3v) is 4.80. The number of nitrogens with one attached hydrogen (secondary N) is 1. The molecule has 0 spiro atoms. The lowest BCUT2D eigenvalue weighted by atomic mass is 10.2. The molecule has 0 amide bonds. The van der Waals surface area contributed by atoms with Crippen molar-refractivity contribution in [3.63, 3.8) is 0 Å². The standard InChI is InChI=1S/C13H12Br2N2O2S/c14-10-5-9(6-11(7-10)17(18)19)8-16-4-3-12-1-2-13(15)20-12/h1-2,5-7,16H,3-4,8H2. The van der Waals surface area contributed by atoms with E-state index in [0.29, 0.717) is 6.54 Å². The first kappa shape index (κ1) is 15.6. The van der Waals surface area contributed by atoms with E-state index in [1.165, 1.54) is 10.9 Å². The monoisotopic (exact) mass is 418 g/mol. The Hall–Kier alpha value is -0.760. The van der Waals surface area contributed by atoms with Gasteiger partial charge in [-0.05, 0) is 46.1 Å². The molecule has 0 aliphatic rings. The molecule has 7 heteroatoms. The lowest BCUT2D eigenvalue weighted by Crippen LogP contribution is -2.16. The molecule has 2 aromatic rings. The zero-order valence-corrected chi connectivity index (χ0v) is 14.4. The van der Waals surface area contributed by atoms with Crippen LogP contribution in [0.2, 0.25) is 0 Å². The van der Waals surface area contributed by atoms with Crippen LogP contribution < -0.4 is 5.32 Å². The molecule has 0 bridgehead atoms. The summed E-state index contributed by atoms with van der Waals surface area (Å²) in [5.41, 5.74) is 1.01. The minimum Gasteiger partial charge on any atom is -0.312 e. The van der Waals surface area contributed by atoms with Gasteiger partial charge in [0.05, 0.1) is 8.71 Å². The first-order valence-corrected chi connectivity index (χ1v) is 8.33. The number of hydrogen-bond acceptors (Lipinski definition) is 4. The van der Waals surface area contributed by atoms with Crippen LogP contribution in [-0.4, -0.2) is 11.5 Å². The number of hydrogen-bond donors (Lipinski definition) is 1. The van der Waals surface area contributed by atoms with E-state index in [0.717, 1.165) is 26.8 Å². The van der Waals surface area contributed by atoms with Crippen molar-refractivity contribution in [2.75, 3.05) is 6.54 Å². The second-order valence-corrected chi connectivity index (χ2v) is 7.67. The summed E-state index contributed by atoms with van der Waals surface area (Å²) in [4.78, 5) is 11.7. The van der Waals surface area contributed by atoms with Gasteiger partial charge in [-0.1, -0.05) is 15.9 Å². The molecule has 2 rings (SSSR count). The van der Waals surface area contributed by atoms with Gasteiger partial charge < -0.3 is 5.32 Å². The van der Waals surface area contributed by atoms with Gasteiger partial charge in [-0.15, -0.1) is 11.3 Å². The average Bonchev–Trinajstić information content (AvgIpc) is 2.80. The lowest BCUT2D eigenvalue weighted by Gasteiger charge is -2.05. The molecule has 1 heterocycles. The van der Waals surface area contributed by atoms with Gasteiger partial charge in [0.15, 0.2) is 0 Å². The van der Waals surface area contributed by atoms with Gasteiger partial charge >= 0.3 is 0 Å². The minimum absolute atomic E-state index is 0.110. The first-order chi connectivity index (χ1) is 9.54. The van der Waals surface area contributed by atoms with Gasteiger partial charge in [0.1, 0.15) is 0 Å². The van der Waals surface area contributed by atoms with E-state index < -0.39 is 0 Å². The Balaban J connectivity index is 1.86. The summed E-state index contributed by atoms with van der Waals surface area (Å²) in [6.45, 7) is 1.46.